The molecule has 3 unspecified atom stereocenters. The molecule has 3 atom stereocenters. The SMILES string of the molecule is O=C(NCc1cccc(-c2cccc(C3OC(CN4CCCCCCC4)CC(c4ccc(CO)cc4)O3)c2)c1)NC12CC3CC(CC(C3)C1)C2. The lowest BCUT2D eigenvalue weighted by Gasteiger charge is -2.56. The van der Waals surface area contributed by atoms with E-state index >= 15 is 0 Å². The van der Waals surface area contributed by atoms with Gasteiger partial charge in [-0.25, -0.2) is 4.79 Å². The van der Waals surface area contributed by atoms with Crippen LogP contribution in [0.25, 0.3) is 11.1 Å². The van der Waals surface area contributed by atoms with Crippen LogP contribution in [0.1, 0.15) is 112 Å². The van der Waals surface area contributed by atoms with Gasteiger partial charge >= 0.3 is 6.03 Å². The minimum Gasteiger partial charge on any atom is -0.392 e. The molecule has 4 saturated carbocycles. The van der Waals surface area contributed by atoms with Crippen LogP contribution in [-0.4, -0.2) is 47.3 Å². The predicted octanol–water partition coefficient (Wildman–Crippen LogP) is 8.43. The Kier molecular flexibility index (Phi) is 10.3. The van der Waals surface area contributed by atoms with Gasteiger partial charge in [0.15, 0.2) is 6.29 Å². The average Bonchev–Trinajstić information content (AvgIpc) is 3.11. The first-order valence-corrected chi connectivity index (χ1v) is 19.5. The van der Waals surface area contributed by atoms with E-state index in [1.165, 1.54) is 51.4 Å². The van der Waals surface area contributed by atoms with E-state index in [2.05, 4.69) is 76.2 Å². The molecule has 266 valence electrons. The van der Waals surface area contributed by atoms with Crippen LogP contribution < -0.4 is 10.6 Å². The minimum atomic E-state index is -0.482. The summed E-state index contributed by atoms with van der Waals surface area (Å²) in [6.07, 6.45) is 14.3. The van der Waals surface area contributed by atoms with E-state index in [9.17, 15) is 9.90 Å². The molecule has 9 rings (SSSR count). The second-order valence-electron chi connectivity index (χ2n) is 16.2. The molecule has 6 aliphatic rings. The fourth-order valence-corrected chi connectivity index (χ4v) is 10.3. The van der Waals surface area contributed by atoms with Crippen molar-refractivity contribution < 1.29 is 19.4 Å². The molecule has 2 saturated heterocycles. The smallest absolute Gasteiger partial charge is 0.315 e. The van der Waals surface area contributed by atoms with E-state index in [-0.39, 0.29) is 30.4 Å². The highest BCUT2D eigenvalue weighted by atomic mass is 16.7. The number of nitrogens with one attached hydrogen (secondary N) is 2. The van der Waals surface area contributed by atoms with Crippen LogP contribution in [0.5, 0.6) is 0 Å². The number of hydrogen-bond donors (Lipinski definition) is 3. The zero-order valence-corrected chi connectivity index (χ0v) is 29.5. The molecule has 6 fully saturated rings. The first kappa shape index (κ1) is 33.9. The Morgan fingerprint density at radius 2 is 1.40 bits per heavy atom. The van der Waals surface area contributed by atoms with Crippen molar-refractivity contribution in [3.05, 3.63) is 95.1 Å². The summed E-state index contributed by atoms with van der Waals surface area (Å²) >= 11 is 0. The van der Waals surface area contributed by atoms with Crippen molar-refractivity contribution >= 4 is 6.03 Å². The average molecular weight is 678 g/mol. The number of hydrogen-bond acceptors (Lipinski definition) is 5. The topological polar surface area (TPSA) is 83.1 Å². The van der Waals surface area contributed by atoms with Gasteiger partial charge in [-0.15, -0.1) is 0 Å². The zero-order chi connectivity index (χ0) is 33.9. The number of aliphatic hydroxyl groups excluding tert-OH is 1. The lowest BCUT2D eigenvalue weighted by molar-refractivity contribution is -0.253. The maximum Gasteiger partial charge on any atom is 0.315 e. The Morgan fingerprint density at radius 3 is 2.10 bits per heavy atom. The molecular weight excluding hydrogens is 622 g/mol. The molecule has 4 bridgehead atoms. The number of carbonyl (C=O) groups is 1. The van der Waals surface area contributed by atoms with Crippen LogP contribution in [0.3, 0.4) is 0 Å². The molecule has 2 amide bonds. The third kappa shape index (κ3) is 7.97. The molecule has 3 aromatic carbocycles. The number of amides is 2. The maximum absolute atomic E-state index is 13.2. The highest BCUT2D eigenvalue weighted by Crippen LogP contribution is 2.55. The second kappa shape index (κ2) is 15.2. The Labute approximate surface area is 298 Å². The number of rotatable bonds is 9. The number of urea groups is 1. The van der Waals surface area contributed by atoms with Gasteiger partial charge in [0.25, 0.3) is 0 Å². The molecule has 4 aliphatic carbocycles. The van der Waals surface area contributed by atoms with Gasteiger partial charge in [-0.2, -0.15) is 0 Å². The van der Waals surface area contributed by atoms with Crippen molar-refractivity contribution in [2.75, 3.05) is 19.6 Å². The van der Waals surface area contributed by atoms with Crippen molar-refractivity contribution in [3.8, 4) is 11.1 Å². The van der Waals surface area contributed by atoms with Crippen LogP contribution in [-0.2, 0) is 22.6 Å². The maximum atomic E-state index is 13.2. The molecule has 0 aromatic heterocycles. The largest absolute Gasteiger partial charge is 0.392 e. The molecule has 2 aliphatic heterocycles. The Bertz CT molecular complexity index is 1560. The number of carbonyl (C=O) groups excluding carboxylic acids is 1. The van der Waals surface area contributed by atoms with Crippen LogP contribution in [0, 0.1) is 17.8 Å². The Balaban J connectivity index is 0.950. The Hall–Kier alpha value is -3.23. The van der Waals surface area contributed by atoms with E-state index in [0.29, 0.717) is 6.54 Å². The highest BCUT2D eigenvalue weighted by molar-refractivity contribution is 5.75. The van der Waals surface area contributed by atoms with Gasteiger partial charge in [-0.05, 0) is 122 Å². The summed E-state index contributed by atoms with van der Waals surface area (Å²) in [4.78, 5) is 15.8. The lowest BCUT2D eigenvalue weighted by Crippen LogP contribution is -2.61. The fraction of sp³-hybridized carbons (Fsp3) is 0.558. The van der Waals surface area contributed by atoms with Crippen LogP contribution in [0.2, 0.25) is 0 Å². The van der Waals surface area contributed by atoms with Crippen molar-refractivity contribution in [2.45, 2.75) is 114 Å². The van der Waals surface area contributed by atoms with E-state index in [4.69, 9.17) is 9.47 Å². The summed E-state index contributed by atoms with van der Waals surface area (Å²) in [5.74, 6) is 2.41. The number of aliphatic hydroxyl groups is 1. The minimum absolute atomic E-state index is 0.0116. The van der Waals surface area contributed by atoms with Gasteiger partial charge in [0.2, 0.25) is 0 Å². The molecule has 7 heteroatoms. The summed E-state index contributed by atoms with van der Waals surface area (Å²) in [5, 5.41) is 16.2. The first-order chi connectivity index (χ1) is 24.5. The third-order valence-electron chi connectivity index (χ3n) is 12.3. The van der Waals surface area contributed by atoms with Gasteiger partial charge < -0.3 is 30.1 Å². The van der Waals surface area contributed by atoms with Crippen LogP contribution >= 0.6 is 0 Å². The fourth-order valence-electron chi connectivity index (χ4n) is 10.3. The summed E-state index contributed by atoms with van der Waals surface area (Å²) < 4.78 is 13.5. The van der Waals surface area contributed by atoms with Crippen molar-refractivity contribution in [3.63, 3.8) is 0 Å². The molecule has 50 heavy (non-hydrogen) atoms. The van der Waals surface area contributed by atoms with Gasteiger partial charge in [0.05, 0.1) is 18.8 Å². The summed E-state index contributed by atoms with van der Waals surface area (Å²) in [5.41, 5.74) is 6.34. The Morgan fingerprint density at radius 1 is 0.740 bits per heavy atom. The summed E-state index contributed by atoms with van der Waals surface area (Å²) in [6.45, 7) is 3.71. The molecule has 3 N–H and O–H groups in total. The first-order valence-electron chi connectivity index (χ1n) is 19.5. The zero-order valence-electron chi connectivity index (χ0n) is 29.5. The number of nitrogens with zero attached hydrogens (tertiary/aromatic N) is 1. The quantitative estimate of drug-likeness (QED) is 0.212. The second-order valence-corrected chi connectivity index (χ2v) is 16.2. The van der Waals surface area contributed by atoms with Crippen molar-refractivity contribution in [1.29, 1.82) is 0 Å². The van der Waals surface area contributed by atoms with Crippen molar-refractivity contribution in [1.82, 2.24) is 15.5 Å². The molecule has 0 radical (unpaired) electrons. The number of likely N-dealkylation sites (tertiary alicyclic amines) is 1. The van der Waals surface area contributed by atoms with Crippen LogP contribution in [0.15, 0.2) is 72.8 Å². The lowest BCUT2D eigenvalue weighted by atomic mass is 9.53. The molecule has 3 aromatic rings. The van der Waals surface area contributed by atoms with Gasteiger partial charge in [0, 0.05) is 30.6 Å². The standard InChI is InChI=1S/C43H55N3O4/c47-29-30-12-14-35(15-13-30)40-23-39(28-46-16-4-2-1-3-5-17-46)49-41(50-40)38-11-7-10-37(22-38)36-9-6-8-31(21-36)27-44-42(48)45-43-24-32-18-33(25-43)20-34(19-32)26-43/h6-15,21-22,32-34,39-41,47H,1-5,16-20,23-29H2,(H2,44,45,48). The normalized spacial score (nSPS) is 31.1. The molecule has 7 nitrogen and oxygen atoms in total. The third-order valence-corrected chi connectivity index (χ3v) is 12.3. The van der Waals surface area contributed by atoms with Crippen molar-refractivity contribution in [2.24, 2.45) is 17.8 Å². The summed E-state index contributed by atoms with van der Waals surface area (Å²) in [6, 6.07) is 25.2. The van der Waals surface area contributed by atoms with Crippen LogP contribution in [0.4, 0.5) is 4.79 Å². The van der Waals surface area contributed by atoms with Gasteiger partial charge in [-0.3, -0.25) is 0 Å². The monoisotopic (exact) mass is 677 g/mol. The summed E-state index contributed by atoms with van der Waals surface area (Å²) in [7, 11) is 0. The van der Waals surface area contributed by atoms with E-state index in [1.54, 1.807) is 0 Å². The van der Waals surface area contributed by atoms with E-state index in [0.717, 1.165) is 96.5 Å². The number of ether oxygens (including phenoxy) is 2. The van der Waals surface area contributed by atoms with E-state index < -0.39 is 6.29 Å². The molecule has 2 heterocycles. The molecular formula is C43H55N3O4. The highest BCUT2D eigenvalue weighted by Gasteiger charge is 2.51. The van der Waals surface area contributed by atoms with E-state index in [1.807, 2.05) is 12.1 Å². The van der Waals surface area contributed by atoms with Gasteiger partial charge in [-0.1, -0.05) is 79.9 Å². The predicted molar refractivity (Wildman–Crippen MR) is 196 cm³/mol. The molecule has 0 spiro atoms. The van der Waals surface area contributed by atoms with Gasteiger partial charge in [0.1, 0.15) is 0 Å². The number of benzene rings is 3.